The predicted octanol–water partition coefficient (Wildman–Crippen LogP) is 2.73. The van der Waals surface area contributed by atoms with Gasteiger partial charge in [-0.05, 0) is 17.7 Å². The van der Waals surface area contributed by atoms with Crippen LogP contribution in [-0.4, -0.2) is 38.1 Å². The van der Waals surface area contributed by atoms with Crippen LogP contribution in [0.4, 0.5) is 0 Å². The van der Waals surface area contributed by atoms with Gasteiger partial charge in [-0.15, -0.1) is 12.4 Å². The highest BCUT2D eigenvalue weighted by Crippen LogP contribution is 2.31. The highest BCUT2D eigenvalue weighted by molar-refractivity contribution is 5.97. The van der Waals surface area contributed by atoms with Crippen LogP contribution in [0.5, 0.6) is 11.5 Å². The molecule has 2 aromatic rings. The fraction of sp³-hybridized carbons (Fsp3) is 0.278. The van der Waals surface area contributed by atoms with Crippen molar-refractivity contribution in [3.05, 3.63) is 59.7 Å². The summed E-state index contributed by atoms with van der Waals surface area (Å²) < 4.78 is 10.6. The molecule has 0 aliphatic heterocycles. The second-order valence-electron chi connectivity index (χ2n) is 5.04. The maximum absolute atomic E-state index is 12.9. The number of amides is 1. The van der Waals surface area contributed by atoms with E-state index in [9.17, 15) is 4.79 Å². The number of ether oxygens (including phenoxy) is 2. The summed E-state index contributed by atoms with van der Waals surface area (Å²) >= 11 is 0. The molecule has 0 radical (unpaired) electrons. The zero-order chi connectivity index (χ0) is 16.7. The molecule has 0 saturated carbocycles. The van der Waals surface area contributed by atoms with Crippen molar-refractivity contribution >= 4 is 18.3 Å². The third kappa shape index (κ3) is 4.63. The molecule has 0 aromatic heterocycles. The number of nitrogens with two attached hydrogens (primary N) is 1. The molecule has 2 N–H and O–H groups in total. The highest BCUT2D eigenvalue weighted by Gasteiger charge is 2.21. The van der Waals surface area contributed by atoms with Crippen LogP contribution in [0.2, 0.25) is 0 Å². The molecule has 0 atom stereocenters. The number of rotatable bonds is 7. The van der Waals surface area contributed by atoms with Gasteiger partial charge in [0.05, 0.1) is 19.8 Å². The molecule has 0 bridgehead atoms. The molecule has 24 heavy (non-hydrogen) atoms. The van der Waals surface area contributed by atoms with Crippen LogP contribution in [0.15, 0.2) is 48.5 Å². The topological polar surface area (TPSA) is 64.8 Å². The summed E-state index contributed by atoms with van der Waals surface area (Å²) in [5, 5.41) is 0. The van der Waals surface area contributed by atoms with Gasteiger partial charge < -0.3 is 20.1 Å². The van der Waals surface area contributed by atoms with Gasteiger partial charge in [0, 0.05) is 19.6 Å². The Labute approximate surface area is 148 Å². The average Bonchev–Trinajstić information content (AvgIpc) is 2.60. The van der Waals surface area contributed by atoms with Crippen molar-refractivity contribution in [3.8, 4) is 11.5 Å². The number of nitrogens with zero attached hydrogens (tertiary/aromatic N) is 1. The number of carbonyl (C=O) groups is 1. The first-order chi connectivity index (χ1) is 11.2. The van der Waals surface area contributed by atoms with E-state index < -0.39 is 0 Å². The van der Waals surface area contributed by atoms with Gasteiger partial charge in [-0.1, -0.05) is 36.4 Å². The largest absolute Gasteiger partial charge is 0.493 e. The summed E-state index contributed by atoms with van der Waals surface area (Å²) in [6, 6.07) is 15.1. The molecule has 2 aromatic carbocycles. The van der Waals surface area contributed by atoms with Gasteiger partial charge in [0.15, 0.2) is 11.5 Å². The fourth-order valence-electron chi connectivity index (χ4n) is 2.44. The smallest absolute Gasteiger partial charge is 0.258 e. The summed E-state index contributed by atoms with van der Waals surface area (Å²) in [5.74, 6) is 0.843. The van der Waals surface area contributed by atoms with Crippen molar-refractivity contribution in [1.29, 1.82) is 0 Å². The van der Waals surface area contributed by atoms with E-state index in [0.717, 1.165) is 5.56 Å². The van der Waals surface area contributed by atoms with Crippen molar-refractivity contribution in [2.75, 3.05) is 27.3 Å². The third-order valence-electron chi connectivity index (χ3n) is 3.54. The molecule has 130 valence electrons. The zero-order valence-electron chi connectivity index (χ0n) is 13.9. The lowest BCUT2D eigenvalue weighted by atomic mass is 10.1. The monoisotopic (exact) mass is 350 g/mol. The number of para-hydroxylation sites is 1. The van der Waals surface area contributed by atoms with E-state index in [-0.39, 0.29) is 18.3 Å². The van der Waals surface area contributed by atoms with Crippen LogP contribution >= 0.6 is 12.4 Å². The Kier molecular flexibility index (Phi) is 8.09. The molecule has 0 aliphatic carbocycles. The van der Waals surface area contributed by atoms with Crippen LogP contribution in [0, 0.1) is 0 Å². The first-order valence-electron chi connectivity index (χ1n) is 7.45. The summed E-state index contributed by atoms with van der Waals surface area (Å²) in [6.45, 7) is 1.36. The van der Waals surface area contributed by atoms with Crippen molar-refractivity contribution in [1.82, 2.24) is 4.90 Å². The molecular formula is C18H23ClN2O3. The summed E-state index contributed by atoms with van der Waals surface area (Å²) in [6.07, 6.45) is 0. The molecule has 0 fully saturated rings. The van der Waals surface area contributed by atoms with E-state index in [2.05, 4.69) is 0 Å². The molecule has 2 rings (SSSR count). The minimum atomic E-state index is -0.130. The molecule has 0 spiro atoms. The standard InChI is InChI=1S/C18H22N2O3.ClH/c1-22-16-10-6-9-15(17(16)23-2)18(21)20(12-11-19)13-14-7-4-3-5-8-14;/h3-10H,11-13,19H2,1-2H3;1H. The fourth-order valence-corrected chi connectivity index (χ4v) is 2.44. The number of halogens is 1. The quantitative estimate of drug-likeness (QED) is 0.833. The first-order valence-corrected chi connectivity index (χ1v) is 7.45. The van der Waals surface area contributed by atoms with E-state index in [0.29, 0.717) is 36.7 Å². The molecule has 0 heterocycles. The highest BCUT2D eigenvalue weighted by atomic mass is 35.5. The van der Waals surface area contributed by atoms with Gasteiger partial charge >= 0.3 is 0 Å². The lowest BCUT2D eigenvalue weighted by Crippen LogP contribution is -2.35. The normalized spacial score (nSPS) is 9.79. The zero-order valence-corrected chi connectivity index (χ0v) is 14.7. The number of hydrogen-bond acceptors (Lipinski definition) is 4. The minimum absolute atomic E-state index is 0. The van der Waals surface area contributed by atoms with Crippen molar-refractivity contribution in [2.24, 2.45) is 5.73 Å². The molecule has 0 saturated heterocycles. The molecule has 6 heteroatoms. The lowest BCUT2D eigenvalue weighted by Gasteiger charge is -2.23. The van der Waals surface area contributed by atoms with E-state index in [4.69, 9.17) is 15.2 Å². The maximum Gasteiger partial charge on any atom is 0.258 e. The van der Waals surface area contributed by atoms with Crippen LogP contribution < -0.4 is 15.2 Å². The van der Waals surface area contributed by atoms with E-state index in [1.807, 2.05) is 30.3 Å². The number of carbonyl (C=O) groups excluding carboxylic acids is 1. The average molecular weight is 351 g/mol. The first kappa shape index (κ1) is 19.8. The van der Waals surface area contributed by atoms with Gasteiger partial charge in [-0.3, -0.25) is 4.79 Å². The molecular weight excluding hydrogens is 328 g/mol. The van der Waals surface area contributed by atoms with E-state index >= 15 is 0 Å². The second kappa shape index (κ2) is 9.80. The molecule has 0 unspecified atom stereocenters. The SMILES string of the molecule is COc1cccc(C(=O)N(CCN)Cc2ccccc2)c1OC.Cl. The van der Waals surface area contributed by atoms with Gasteiger partial charge in [-0.2, -0.15) is 0 Å². The number of hydrogen-bond donors (Lipinski definition) is 1. The van der Waals surface area contributed by atoms with E-state index in [1.165, 1.54) is 7.11 Å². The van der Waals surface area contributed by atoms with Gasteiger partial charge in [0.25, 0.3) is 5.91 Å². The van der Waals surface area contributed by atoms with Crippen LogP contribution in [0.3, 0.4) is 0 Å². The Morgan fingerprint density at radius 1 is 1.04 bits per heavy atom. The van der Waals surface area contributed by atoms with Crippen molar-refractivity contribution in [2.45, 2.75) is 6.54 Å². The summed E-state index contributed by atoms with van der Waals surface area (Å²) in [5.41, 5.74) is 7.20. The maximum atomic E-state index is 12.9. The minimum Gasteiger partial charge on any atom is -0.493 e. The van der Waals surface area contributed by atoms with Crippen LogP contribution in [-0.2, 0) is 6.54 Å². The Morgan fingerprint density at radius 2 is 1.75 bits per heavy atom. The number of benzene rings is 2. The van der Waals surface area contributed by atoms with Crippen molar-refractivity contribution in [3.63, 3.8) is 0 Å². The number of methoxy groups -OCH3 is 2. The third-order valence-corrected chi connectivity index (χ3v) is 3.54. The van der Waals surface area contributed by atoms with Crippen LogP contribution in [0.1, 0.15) is 15.9 Å². The molecule has 0 aliphatic rings. The van der Waals surface area contributed by atoms with E-state index in [1.54, 1.807) is 30.2 Å². The second-order valence-corrected chi connectivity index (χ2v) is 5.04. The Hall–Kier alpha value is -2.24. The Balaban J connectivity index is 0.00000288. The Morgan fingerprint density at radius 3 is 2.33 bits per heavy atom. The van der Waals surface area contributed by atoms with Crippen LogP contribution in [0.25, 0.3) is 0 Å². The van der Waals surface area contributed by atoms with Gasteiger partial charge in [-0.25, -0.2) is 0 Å². The summed E-state index contributed by atoms with van der Waals surface area (Å²) in [7, 11) is 3.08. The van der Waals surface area contributed by atoms with Crippen molar-refractivity contribution < 1.29 is 14.3 Å². The predicted molar refractivity (Wildman–Crippen MR) is 97.0 cm³/mol. The molecule has 1 amide bonds. The van der Waals surface area contributed by atoms with Gasteiger partial charge in [0.1, 0.15) is 0 Å². The Bertz CT molecular complexity index is 650. The lowest BCUT2D eigenvalue weighted by molar-refractivity contribution is 0.0744. The molecule has 5 nitrogen and oxygen atoms in total. The van der Waals surface area contributed by atoms with Gasteiger partial charge in [0.2, 0.25) is 0 Å². The summed E-state index contributed by atoms with van der Waals surface area (Å²) in [4.78, 5) is 14.6.